The van der Waals surface area contributed by atoms with Gasteiger partial charge in [0.15, 0.2) is 0 Å². The molecule has 0 aliphatic heterocycles. The maximum atomic E-state index is 13.0. The summed E-state index contributed by atoms with van der Waals surface area (Å²) in [4.78, 5) is 15.2. The normalized spacial score (nSPS) is 18.2. The van der Waals surface area contributed by atoms with Gasteiger partial charge in [0.25, 0.3) is 0 Å². The van der Waals surface area contributed by atoms with Gasteiger partial charge in [-0.2, -0.15) is 0 Å². The molecular weight excluding hydrogens is 260 g/mol. The van der Waals surface area contributed by atoms with Crippen LogP contribution in [0.4, 0.5) is 0 Å². The summed E-state index contributed by atoms with van der Waals surface area (Å²) in [7, 11) is 0. The minimum Gasteiger partial charge on any atom is -0.339 e. The first-order valence-corrected chi connectivity index (χ1v) is 8.75. The molecule has 124 valence electrons. The highest BCUT2D eigenvalue weighted by Crippen LogP contribution is 2.29. The first kappa shape index (κ1) is 18.5. The highest BCUT2D eigenvalue weighted by molar-refractivity contribution is 5.79. The second-order valence-electron chi connectivity index (χ2n) is 8.35. The Labute approximate surface area is 131 Å². The van der Waals surface area contributed by atoms with Crippen LogP contribution in [0.3, 0.4) is 0 Å². The number of amides is 1. The quantitative estimate of drug-likeness (QED) is 0.776. The molecule has 0 bridgehead atoms. The van der Waals surface area contributed by atoms with Crippen molar-refractivity contribution in [1.29, 1.82) is 0 Å². The van der Waals surface area contributed by atoms with Crippen LogP contribution in [0.25, 0.3) is 0 Å². The van der Waals surface area contributed by atoms with E-state index in [1.54, 1.807) is 0 Å². The summed E-state index contributed by atoms with van der Waals surface area (Å²) in [6, 6.07) is 0.463. The van der Waals surface area contributed by atoms with E-state index in [-0.39, 0.29) is 11.3 Å². The zero-order valence-electron chi connectivity index (χ0n) is 14.8. The summed E-state index contributed by atoms with van der Waals surface area (Å²) in [6.45, 7) is 12.4. The van der Waals surface area contributed by atoms with Crippen molar-refractivity contribution >= 4 is 5.91 Å². The Kier molecular flexibility index (Phi) is 7.19. The first-order valence-electron chi connectivity index (χ1n) is 8.75. The molecular formula is C18H36N2O. The molecule has 0 heterocycles. The fourth-order valence-corrected chi connectivity index (χ4v) is 3.33. The van der Waals surface area contributed by atoms with Crippen LogP contribution >= 0.6 is 0 Å². The lowest BCUT2D eigenvalue weighted by Crippen LogP contribution is -2.46. The number of rotatable bonds is 7. The fourth-order valence-electron chi connectivity index (χ4n) is 3.33. The Morgan fingerprint density at radius 3 is 2.24 bits per heavy atom. The summed E-state index contributed by atoms with van der Waals surface area (Å²) in [5.74, 6) is 0.929. The van der Waals surface area contributed by atoms with Gasteiger partial charge in [0, 0.05) is 19.1 Å². The van der Waals surface area contributed by atoms with E-state index < -0.39 is 0 Å². The second-order valence-corrected chi connectivity index (χ2v) is 8.35. The van der Waals surface area contributed by atoms with Crippen molar-refractivity contribution in [2.75, 3.05) is 13.1 Å². The summed E-state index contributed by atoms with van der Waals surface area (Å²) in [5, 5.41) is 0. The van der Waals surface area contributed by atoms with Gasteiger partial charge in [-0.05, 0) is 37.0 Å². The molecule has 0 aromatic heterocycles. The molecule has 3 nitrogen and oxygen atoms in total. The van der Waals surface area contributed by atoms with Crippen molar-refractivity contribution in [2.45, 2.75) is 79.2 Å². The average molecular weight is 296 g/mol. The van der Waals surface area contributed by atoms with E-state index in [0.717, 1.165) is 19.4 Å². The van der Waals surface area contributed by atoms with E-state index in [4.69, 9.17) is 5.73 Å². The van der Waals surface area contributed by atoms with E-state index in [1.807, 2.05) is 0 Å². The molecule has 1 unspecified atom stereocenters. The third-order valence-corrected chi connectivity index (χ3v) is 4.49. The fraction of sp³-hybridized carbons (Fsp3) is 0.944. The van der Waals surface area contributed by atoms with Gasteiger partial charge in [0.1, 0.15) is 0 Å². The summed E-state index contributed by atoms with van der Waals surface area (Å²) >= 11 is 0. The van der Waals surface area contributed by atoms with Crippen LogP contribution in [0.2, 0.25) is 0 Å². The van der Waals surface area contributed by atoms with Crippen molar-refractivity contribution in [2.24, 2.45) is 23.0 Å². The first-order chi connectivity index (χ1) is 9.74. The molecule has 0 saturated heterocycles. The van der Waals surface area contributed by atoms with Crippen LogP contribution in [0, 0.1) is 17.3 Å². The van der Waals surface area contributed by atoms with Gasteiger partial charge >= 0.3 is 0 Å². The zero-order valence-corrected chi connectivity index (χ0v) is 14.8. The van der Waals surface area contributed by atoms with Gasteiger partial charge in [0.05, 0.1) is 5.92 Å². The molecule has 0 spiro atoms. The Morgan fingerprint density at radius 1 is 1.24 bits per heavy atom. The number of nitrogens with two attached hydrogens (primary N) is 1. The third kappa shape index (κ3) is 6.37. The molecule has 1 atom stereocenters. The van der Waals surface area contributed by atoms with Crippen LogP contribution in [0.5, 0.6) is 0 Å². The van der Waals surface area contributed by atoms with E-state index in [2.05, 4.69) is 39.5 Å². The average Bonchev–Trinajstić information content (AvgIpc) is 2.88. The Hall–Kier alpha value is -0.570. The Morgan fingerprint density at radius 2 is 1.81 bits per heavy atom. The highest BCUT2D eigenvalue weighted by Gasteiger charge is 2.32. The zero-order chi connectivity index (χ0) is 16.0. The van der Waals surface area contributed by atoms with Crippen LogP contribution in [-0.2, 0) is 4.79 Å². The number of hydrogen-bond donors (Lipinski definition) is 1. The summed E-state index contributed by atoms with van der Waals surface area (Å²) in [6.07, 6.45) is 6.86. The molecule has 0 aromatic carbocycles. The summed E-state index contributed by atoms with van der Waals surface area (Å²) in [5.41, 5.74) is 6.08. The number of carbonyl (C=O) groups excluding carboxylic acids is 1. The lowest BCUT2D eigenvalue weighted by molar-refractivity contribution is -0.138. The molecule has 1 saturated carbocycles. The van der Waals surface area contributed by atoms with E-state index >= 15 is 0 Å². The van der Waals surface area contributed by atoms with Crippen LogP contribution < -0.4 is 5.73 Å². The molecule has 1 amide bonds. The van der Waals surface area contributed by atoms with Gasteiger partial charge in [-0.3, -0.25) is 4.79 Å². The van der Waals surface area contributed by atoms with E-state index in [9.17, 15) is 4.79 Å². The van der Waals surface area contributed by atoms with Crippen LogP contribution in [0.15, 0.2) is 0 Å². The van der Waals surface area contributed by atoms with Crippen molar-refractivity contribution in [3.8, 4) is 0 Å². The second kappa shape index (κ2) is 8.17. The molecule has 0 radical (unpaired) electrons. The van der Waals surface area contributed by atoms with Gasteiger partial charge in [-0.1, -0.05) is 47.5 Å². The van der Waals surface area contributed by atoms with Crippen molar-refractivity contribution < 1.29 is 4.79 Å². The predicted octanol–water partition coefficient (Wildman–Crippen LogP) is 3.81. The van der Waals surface area contributed by atoms with E-state index in [1.165, 1.54) is 25.7 Å². The molecule has 1 aliphatic carbocycles. The SMILES string of the molecule is CC(C)CCN(C(=O)C(CN)CC(C)(C)C)C1CCCC1. The number of nitrogens with zero attached hydrogens (tertiary/aromatic N) is 1. The van der Waals surface area contributed by atoms with Crippen molar-refractivity contribution in [1.82, 2.24) is 4.90 Å². The monoisotopic (exact) mass is 296 g/mol. The third-order valence-electron chi connectivity index (χ3n) is 4.49. The summed E-state index contributed by atoms with van der Waals surface area (Å²) < 4.78 is 0. The predicted molar refractivity (Wildman–Crippen MR) is 90.0 cm³/mol. The smallest absolute Gasteiger partial charge is 0.227 e. The van der Waals surface area contributed by atoms with E-state index in [0.29, 0.717) is 24.4 Å². The largest absolute Gasteiger partial charge is 0.339 e. The Bertz CT molecular complexity index is 314. The molecule has 3 heteroatoms. The minimum atomic E-state index is -0.0160. The topological polar surface area (TPSA) is 46.3 Å². The highest BCUT2D eigenvalue weighted by atomic mass is 16.2. The molecule has 2 N–H and O–H groups in total. The van der Waals surface area contributed by atoms with Gasteiger partial charge in [-0.15, -0.1) is 0 Å². The minimum absolute atomic E-state index is 0.0160. The molecule has 1 aliphatic rings. The maximum Gasteiger partial charge on any atom is 0.227 e. The van der Waals surface area contributed by atoms with Crippen LogP contribution in [-0.4, -0.2) is 29.9 Å². The molecule has 1 rings (SSSR count). The van der Waals surface area contributed by atoms with Gasteiger partial charge in [0.2, 0.25) is 5.91 Å². The lowest BCUT2D eigenvalue weighted by Gasteiger charge is -2.34. The standard InChI is InChI=1S/C18H36N2O/c1-14(2)10-11-20(16-8-6-7-9-16)17(21)15(13-19)12-18(3,4)5/h14-16H,6-13,19H2,1-5H3. The lowest BCUT2D eigenvalue weighted by atomic mass is 9.83. The molecule has 0 aromatic rings. The molecule has 21 heavy (non-hydrogen) atoms. The van der Waals surface area contributed by atoms with Gasteiger partial charge in [-0.25, -0.2) is 0 Å². The maximum absolute atomic E-state index is 13.0. The number of hydrogen-bond acceptors (Lipinski definition) is 2. The number of carbonyl (C=O) groups is 1. The van der Waals surface area contributed by atoms with Crippen molar-refractivity contribution in [3.63, 3.8) is 0 Å². The Balaban J connectivity index is 2.76. The molecule has 1 fully saturated rings. The van der Waals surface area contributed by atoms with Gasteiger partial charge < -0.3 is 10.6 Å². The van der Waals surface area contributed by atoms with Crippen LogP contribution in [0.1, 0.15) is 73.1 Å². The van der Waals surface area contributed by atoms with Crippen molar-refractivity contribution in [3.05, 3.63) is 0 Å².